The van der Waals surface area contributed by atoms with Gasteiger partial charge in [0.1, 0.15) is 11.6 Å². The number of imide groups is 1. The maximum atomic E-state index is 13.6. The number of rotatable bonds is 9. The largest absolute Gasteiger partial charge is 0.467 e. The van der Waals surface area contributed by atoms with Crippen molar-refractivity contribution in [2.45, 2.75) is 26.4 Å². The van der Waals surface area contributed by atoms with Crippen molar-refractivity contribution in [3.63, 3.8) is 0 Å². The number of methoxy groups -OCH3 is 1. The normalized spacial score (nSPS) is 12.8. The van der Waals surface area contributed by atoms with E-state index in [4.69, 9.17) is 14.9 Å². The Hall–Kier alpha value is -4.45. The van der Waals surface area contributed by atoms with Crippen molar-refractivity contribution < 1.29 is 23.5 Å². The number of H-pyrrole nitrogens is 1. The molecule has 1 aliphatic heterocycles. The number of fused-ring (bicyclic) bond motifs is 1. The fourth-order valence-electron chi connectivity index (χ4n) is 4.06. The number of hydrogen-bond acceptors (Lipinski definition) is 8. The van der Waals surface area contributed by atoms with Gasteiger partial charge in [-0.25, -0.2) is 4.79 Å². The van der Waals surface area contributed by atoms with Crippen LogP contribution in [0.5, 0.6) is 0 Å². The average molecular weight is 495 g/mol. The Labute approximate surface area is 204 Å². The van der Waals surface area contributed by atoms with Gasteiger partial charge in [-0.2, -0.15) is 0 Å². The number of nitrogens with one attached hydrogen (secondary N) is 1. The minimum atomic E-state index is -0.827. The van der Waals surface area contributed by atoms with Gasteiger partial charge >= 0.3 is 5.69 Å². The highest BCUT2D eigenvalue weighted by molar-refractivity contribution is 6.22. The maximum absolute atomic E-state index is 13.6. The number of nitrogens with two attached hydrogens (primary N) is 1. The number of nitrogen functional groups attached to an aromatic ring is 1. The van der Waals surface area contributed by atoms with Crippen LogP contribution in [0, 0.1) is 0 Å². The summed E-state index contributed by atoms with van der Waals surface area (Å²) in [7, 11) is 1.43. The molecular weight excluding hydrogens is 470 g/mol. The first-order chi connectivity index (χ1) is 17.3. The number of amides is 3. The summed E-state index contributed by atoms with van der Waals surface area (Å²) in [5, 5.41) is 0. The molecule has 3 amide bonds. The van der Waals surface area contributed by atoms with E-state index >= 15 is 0 Å². The summed E-state index contributed by atoms with van der Waals surface area (Å²) < 4.78 is 11.5. The van der Waals surface area contributed by atoms with Crippen molar-refractivity contribution in [1.29, 1.82) is 0 Å². The van der Waals surface area contributed by atoms with E-state index in [1.165, 1.54) is 36.1 Å². The standard InChI is InChI=1S/C24H25N5O7/c1-3-8-28-19(25)18(20(30)26-24(28)34)27(9-11-35-2)21(31)14-6-7-16-17(12-14)23(33)29(22(16)32)13-15-5-4-10-36-15/h4-7,10,12H,3,8-9,11,13,25H2,1-2H3,(H,26,30,34). The average Bonchev–Trinajstić information content (AvgIpc) is 3.46. The Kier molecular flexibility index (Phi) is 6.88. The zero-order chi connectivity index (χ0) is 26.0. The molecule has 12 heteroatoms. The summed E-state index contributed by atoms with van der Waals surface area (Å²) in [4.78, 5) is 68.7. The smallest absolute Gasteiger partial charge is 0.330 e. The minimum Gasteiger partial charge on any atom is -0.467 e. The molecule has 0 unspecified atom stereocenters. The summed E-state index contributed by atoms with van der Waals surface area (Å²) in [5.74, 6) is -1.46. The molecule has 2 aromatic heterocycles. The number of aromatic nitrogens is 2. The van der Waals surface area contributed by atoms with Crippen molar-refractivity contribution in [3.05, 3.63) is 79.9 Å². The lowest BCUT2D eigenvalue weighted by atomic mass is 10.0. The van der Waals surface area contributed by atoms with Crippen LogP contribution in [-0.4, -0.2) is 52.4 Å². The van der Waals surface area contributed by atoms with Crippen LogP contribution >= 0.6 is 0 Å². The van der Waals surface area contributed by atoms with E-state index in [9.17, 15) is 24.0 Å². The first-order valence-electron chi connectivity index (χ1n) is 11.2. The zero-order valence-electron chi connectivity index (χ0n) is 19.8. The Morgan fingerprint density at radius 3 is 2.56 bits per heavy atom. The lowest BCUT2D eigenvalue weighted by molar-refractivity contribution is 0.0631. The summed E-state index contributed by atoms with van der Waals surface area (Å²) >= 11 is 0. The van der Waals surface area contributed by atoms with Gasteiger partial charge in [0.25, 0.3) is 23.3 Å². The molecule has 3 aromatic rings. The quantitative estimate of drug-likeness (QED) is 0.419. The van der Waals surface area contributed by atoms with Crippen LogP contribution in [0.3, 0.4) is 0 Å². The second-order valence-electron chi connectivity index (χ2n) is 8.13. The van der Waals surface area contributed by atoms with Crippen LogP contribution in [0.4, 0.5) is 11.5 Å². The molecule has 12 nitrogen and oxygen atoms in total. The maximum Gasteiger partial charge on any atom is 0.330 e. The second kappa shape index (κ2) is 10.0. The van der Waals surface area contributed by atoms with Gasteiger partial charge in [0.05, 0.1) is 30.5 Å². The zero-order valence-corrected chi connectivity index (χ0v) is 19.8. The molecule has 1 aromatic carbocycles. The lowest BCUT2D eigenvalue weighted by Crippen LogP contribution is -2.42. The van der Waals surface area contributed by atoms with E-state index in [1.807, 2.05) is 6.92 Å². The molecule has 0 aliphatic carbocycles. The monoisotopic (exact) mass is 495 g/mol. The first kappa shape index (κ1) is 24.7. The minimum absolute atomic E-state index is 0.0481. The molecule has 36 heavy (non-hydrogen) atoms. The van der Waals surface area contributed by atoms with Crippen LogP contribution in [0.1, 0.15) is 50.2 Å². The lowest BCUT2D eigenvalue weighted by Gasteiger charge is -2.24. The van der Waals surface area contributed by atoms with Gasteiger partial charge < -0.3 is 14.9 Å². The molecule has 188 valence electrons. The van der Waals surface area contributed by atoms with E-state index < -0.39 is 29.0 Å². The van der Waals surface area contributed by atoms with Gasteiger partial charge in [-0.1, -0.05) is 6.92 Å². The second-order valence-corrected chi connectivity index (χ2v) is 8.13. The number of furan rings is 1. The van der Waals surface area contributed by atoms with Crippen molar-refractivity contribution >= 4 is 29.2 Å². The van der Waals surface area contributed by atoms with Crippen LogP contribution < -0.4 is 21.9 Å². The Balaban J connectivity index is 1.73. The van der Waals surface area contributed by atoms with Crippen molar-refractivity contribution in [1.82, 2.24) is 14.5 Å². The van der Waals surface area contributed by atoms with Crippen LogP contribution in [-0.2, 0) is 17.8 Å². The fraction of sp³-hybridized carbons (Fsp3) is 0.292. The van der Waals surface area contributed by atoms with Crippen molar-refractivity contribution in [2.75, 3.05) is 30.9 Å². The van der Waals surface area contributed by atoms with Gasteiger partial charge in [0.15, 0.2) is 5.69 Å². The van der Waals surface area contributed by atoms with E-state index in [0.717, 1.165) is 9.80 Å². The molecule has 0 radical (unpaired) electrons. The number of ether oxygens (including phenoxy) is 1. The molecule has 4 rings (SSSR count). The summed E-state index contributed by atoms with van der Waals surface area (Å²) in [6.07, 6.45) is 2.01. The third kappa shape index (κ3) is 4.33. The number of aromatic amines is 1. The van der Waals surface area contributed by atoms with E-state index in [0.29, 0.717) is 12.2 Å². The molecule has 0 atom stereocenters. The molecule has 0 saturated heterocycles. The highest BCUT2D eigenvalue weighted by Gasteiger charge is 2.37. The molecule has 0 saturated carbocycles. The third-order valence-corrected chi connectivity index (χ3v) is 5.81. The summed E-state index contributed by atoms with van der Waals surface area (Å²) in [5.41, 5.74) is 4.72. The van der Waals surface area contributed by atoms with Gasteiger partial charge in [-0.05, 0) is 36.8 Å². The van der Waals surface area contributed by atoms with Crippen LogP contribution in [0.25, 0.3) is 0 Å². The Morgan fingerprint density at radius 2 is 1.89 bits per heavy atom. The predicted molar refractivity (Wildman–Crippen MR) is 129 cm³/mol. The van der Waals surface area contributed by atoms with E-state index in [1.54, 1.807) is 12.1 Å². The number of nitrogens with zero attached hydrogens (tertiary/aromatic N) is 3. The highest BCUT2D eigenvalue weighted by atomic mass is 16.5. The van der Waals surface area contributed by atoms with Gasteiger partial charge in [-0.3, -0.25) is 38.5 Å². The molecule has 3 N–H and O–H groups in total. The fourth-order valence-corrected chi connectivity index (χ4v) is 4.06. The van der Waals surface area contributed by atoms with E-state index in [-0.39, 0.29) is 54.4 Å². The highest BCUT2D eigenvalue weighted by Crippen LogP contribution is 2.27. The Morgan fingerprint density at radius 1 is 1.14 bits per heavy atom. The third-order valence-electron chi connectivity index (χ3n) is 5.81. The van der Waals surface area contributed by atoms with Gasteiger partial charge in [0, 0.05) is 25.8 Å². The number of benzene rings is 1. The van der Waals surface area contributed by atoms with Crippen molar-refractivity contribution in [2.24, 2.45) is 0 Å². The molecule has 3 heterocycles. The van der Waals surface area contributed by atoms with E-state index in [2.05, 4.69) is 4.98 Å². The van der Waals surface area contributed by atoms with Gasteiger partial charge in [-0.15, -0.1) is 0 Å². The van der Waals surface area contributed by atoms with Crippen LogP contribution in [0.15, 0.2) is 50.6 Å². The summed E-state index contributed by atoms with van der Waals surface area (Å²) in [6.45, 7) is 2.04. The molecule has 0 bridgehead atoms. The predicted octanol–water partition coefficient (Wildman–Crippen LogP) is 1.21. The van der Waals surface area contributed by atoms with Gasteiger partial charge in [0.2, 0.25) is 0 Å². The summed E-state index contributed by atoms with van der Waals surface area (Å²) in [6, 6.07) is 7.40. The molecule has 0 fully saturated rings. The number of carbonyl (C=O) groups excluding carboxylic acids is 3. The van der Waals surface area contributed by atoms with Crippen molar-refractivity contribution in [3.8, 4) is 0 Å². The Bertz CT molecular complexity index is 1440. The SMILES string of the molecule is CCCn1c(N)c(N(CCOC)C(=O)c2ccc3c(c2)C(=O)N(Cc2ccco2)C3=O)c(=O)[nH]c1=O. The number of anilines is 2. The molecule has 0 spiro atoms. The topological polar surface area (TPSA) is 161 Å². The number of carbonyl (C=O) groups is 3. The molecule has 1 aliphatic rings. The molecular formula is C24H25N5O7. The van der Waals surface area contributed by atoms with Crippen LogP contribution in [0.2, 0.25) is 0 Å². The first-order valence-corrected chi connectivity index (χ1v) is 11.2. The number of hydrogen-bond donors (Lipinski definition) is 2.